The number of thioether (sulfide) groups is 1. The van der Waals surface area contributed by atoms with E-state index < -0.39 is 22.4 Å². The van der Waals surface area contributed by atoms with Gasteiger partial charge in [-0.05, 0) is 50.2 Å². The summed E-state index contributed by atoms with van der Waals surface area (Å²) in [7, 11) is 0. The van der Waals surface area contributed by atoms with Crippen molar-refractivity contribution in [3.05, 3.63) is 75.9 Å². The summed E-state index contributed by atoms with van der Waals surface area (Å²) in [5.41, 5.74) is 1.48. The lowest BCUT2D eigenvalue weighted by atomic mass is 9.83. The standard InChI is InChI=1S/C23H23FN2O3S/c1-15-8-10-17(11-9-15)23(2,3)21(28)25-12-13-26-20(27)19(30-22(26)29)14-16-6-4-5-7-18(16)24/h4-11,14H,12-13H2,1-3H3,(H,25,28). The zero-order chi connectivity index (χ0) is 21.9. The van der Waals surface area contributed by atoms with E-state index in [9.17, 15) is 18.8 Å². The van der Waals surface area contributed by atoms with Crippen LogP contribution >= 0.6 is 11.8 Å². The zero-order valence-electron chi connectivity index (χ0n) is 17.1. The van der Waals surface area contributed by atoms with Crippen LogP contribution in [0.3, 0.4) is 0 Å². The van der Waals surface area contributed by atoms with E-state index in [4.69, 9.17) is 0 Å². The minimum atomic E-state index is -0.753. The maximum absolute atomic E-state index is 13.8. The molecule has 0 saturated carbocycles. The Morgan fingerprint density at radius 1 is 1.13 bits per heavy atom. The third kappa shape index (κ3) is 4.62. The average Bonchev–Trinajstić information content (AvgIpc) is 2.97. The molecule has 0 atom stereocenters. The van der Waals surface area contributed by atoms with Gasteiger partial charge in [-0.3, -0.25) is 19.3 Å². The first-order chi connectivity index (χ1) is 14.2. The first-order valence-corrected chi connectivity index (χ1v) is 10.4. The molecule has 1 aliphatic heterocycles. The van der Waals surface area contributed by atoms with Gasteiger partial charge in [-0.2, -0.15) is 0 Å². The molecule has 156 valence electrons. The molecule has 2 aromatic rings. The number of imide groups is 1. The Bertz CT molecular complexity index is 1020. The van der Waals surface area contributed by atoms with Crippen LogP contribution in [0, 0.1) is 12.7 Å². The lowest BCUT2D eigenvalue weighted by molar-refractivity contribution is -0.126. The molecule has 1 fully saturated rings. The summed E-state index contributed by atoms with van der Waals surface area (Å²) in [6, 6.07) is 13.8. The molecule has 30 heavy (non-hydrogen) atoms. The Labute approximate surface area is 179 Å². The van der Waals surface area contributed by atoms with E-state index in [-0.39, 0.29) is 29.5 Å². The second-order valence-electron chi connectivity index (χ2n) is 7.60. The van der Waals surface area contributed by atoms with Gasteiger partial charge < -0.3 is 5.32 Å². The van der Waals surface area contributed by atoms with Crippen molar-refractivity contribution in [2.24, 2.45) is 0 Å². The maximum atomic E-state index is 13.8. The molecule has 2 aromatic carbocycles. The van der Waals surface area contributed by atoms with E-state index in [0.717, 1.165) is 27.8 Å². The Balaban J connectivity index is 1.61. The molecular weight excluding hydrogens is 403 g/mol. The number of nitrogens with zero attached hydrogens (tertiary/aromatic N) is 1. The highest BCUT2D eigenvalue weighted by molar-refractivity contribution is 8.18. The van der Waals surface area contributed by atoms with E-state index in [1.54, 1.807) is 12.1 Å². The lowest BCUT2D eigenvalue weighted by Crippen LogP contribution is -2.44. The molecule has 1 N–H and O–H groups in total. The van der Waals surface area contributed by atoms with Crippen molar-refractivity contribution in [2.75, 3.05) is 13.1 Å². The van der Waals surface area contributed by atoms with Gasteiger partial charge in [0.1, 0.15) is 5.82 Å². The number of carbonyl (C=O) groups is 3. The van der Waals surface area contributed by atoms with Crippen molar-refractivity contribution in [1.82, 2.24) is 10.2 Å². The van der Waals surface area contributed by atoms with E-state index in [1.165, 1.54) is 18.2 Å². The Kier molecular flexibility index (Phi) is 6.41. The third-order valence-corrected chi connectivity index (χ3v) is 5.93. The molecular formula is C23H23FN2O3S. The van der Waals surface area contributed by atoms with Crippen LogP contribution in [-0.4, -0.2) is 35.0 Å². The fraction of sp³-hybridized carbons (Fsp3) is 0.261. The molecule has 3 amide bonds. The predicted molar refractivity (Wildman–Crippen MR) is 116 cm³/mol. The molecule has 0 unspecified atom stereocenters. The minimum absolute atomic E-state index is 0.0506. The van der Waals surface area contributed by atoms with Crippen molar-refractivity contribution >= 4 is 34.9 Å². The maximum Gasteiger partial charge on any atom is 0.293 e. The van der Waals surface area contributed by atoms with Crippen molar-refractivity contribution in [2.45, 2.75) is 26.2 Å². The summed E-state index contributed by atoms with van der Waals surface area (Å²) in [6.07, 6.45) is 1.37. The molecule has 1 heterocycles. The molecule has 0 radical (unpaired) electrons. The largest absolute Gasteiger partial charge is 0.354 e. The predicted octanol–water partition coefficient (Wildman–Crippen LogP) is 4.26. The number of hydrogen-bond acceptors (Lipinski definition) is 4. The summed E-state index contributed by atoms with van der Waals surface area (Å²) in [5.74, 6) is -1.14. The summed E-state index contributed by atoms with van der Waals surface area (Å²) in [4.78, 5) is 38.7. The minimum Gasteiger partial charge on any atom is -0.354 e. The fourth-order valence-electron chi connectivity index (χ4n) is 3.03. The molecule has 1 aliphatic rings. The summed E-state index contributed by atoms with van der Waals surface area (Å²) < 4.78 is 13.8. The average molecular weight is 427 g/mol. The summed E-state index contributed by atoms with van der Waals surface area (Å²) >= 11 is 0.767. The molecule has 0 spiro atoms. The van der Waals surface area contributed by atoms with Gasteiger partial charge in [0.05, 0.1) is 10.3 Å². The first kappa shape index (κ1) is 21.8. The molecule has 7 heteroatoms. The van der Waals surface area contributed by atoms with Gasteiger partial charge in [-0.1, -0.05) is 48.0 Å². The van der Waals surface area contributed by atoms with Gasteiger partial charge in [0.2, 0.25) is 5.91 Å². The van der Waals surface area contributed by atoms with Crippen LogP contribution in [0.1, 0.15) is 30.5 Å². The number of rotatable bonds is 6. The highest BCUT2D eigenvalue weighted by Gasteiger charge is 2.35. The van der Waals surface area contributed by atoms with Crippen molar-refractivity contribution < 1.29 is 18.8 Å². The molecule has 5 nitrogen and oxygen atoms in total. The summed E-state index contributed by atoms with van der Waals surface area (Å²) in [5, 5.41) is 2.37. The van der Waals surface area contributed by atoms with Crippen LogP contribution in [0.2, 0.25) is 0 Å². The van der Waals surface area contributed by atoms with E-state index in [2.05, 4.69) is 5.32 Å². The normalized spacial score (nSPS) is 15.7. The van der Waals surface area contributed by atoms with Crippen LogP contribution in [0.25, 0.3) is 6.08 Å². The van der Waals surface area contributed by atoms with Crippen molar-refractivity contribution in [1.29, 1.82) is 0 Å². The van der Waals surface area contributed by atoms with Crippen LogP contribution in [0.15, 0.2) is 53.4 Å². The van der Waals surface area contributed by atoms with Crippen LogP contribution < -0.4 is 5.32 Å². The Morgan fingerprint density at radius 2 is 1.80 bits per heavy atom. The van der Waals surface area contributed by atoms with Crippen LogP contribution in [0.5, 0.6) is 0 Å². The van der Waals surface area contributed by atoms with Crippen LogP contribution in [-0.2, 0) is 15.0 Å². The smallest absolute Gasteiger partial charge is 0.293 e. The third-order valence-electron chi connectivity index (χ3n) is 5.03. The lowest BCUT2D eigenvalue weighted by Gasteiger charge is -2.25. The Morgan fingerprint density at radius 3 is 2.47 bits per heavy atom. The topological polar surface area (TPSA) is 66.5 Å². The second-order valence-corrected chi connectivity index (χ2v) is 8.59. The van der Waals surface area contributed by atoms with Crippen molar-refractivity contribution in [3.63, 3.8) is 0 Å². The quantitative estimate of drug-likeness (QED) is 0.701. The zero-order valence-corrected chi connectivity index (χ0v) is 17.9. The van der Waals surface area contributed by atoms with E-state index in [1.807, 2.05) is 45.0 Å². The molecule has 3 rings (SSSR count). The molecule has 1 saturated heterocycles. The molecule has 0 aliphatic carbocycles. The highest BCUT2D eigenvalue weighted by Crippen LogP contribution is 2.32. The van der Waals surface area contributed by atoms with Gasteiger partial charge in [-0.25, -0.2) is 4.39 Å². The molecule has 0 aromatic heterocycles. The number of benzene rings is 2. The number of carbonyl (C=O) groups excluding carboxylic acids is 3. The highest BCUT2D eigenvalue weighted by atomic mass is 32.2. The molecule has 0 bridgehead atoms. The van der Waals surface area contributed by atoms with E-state index in [0.29, 0.717) is 0 Å². The van der Waals surface area contributed by atoms with Gasteiger partial charge in [0.15, 0.2) is 0 Å². The SMILES string of the molecule is Cc1ccc(C(C)(C)C(=O)NCCN2C(=O)SC(=Cc3ccccc3F)C2=O)cc1. The van der Waals surface area contributed by atoms with Gasteiger partial charge in [-0.15, -0.1) is 0 Å². The fourth-order valence-corrected chi connectivity index (χ4v) is 3.89. The number of amides is 3. The number of nitrogens with one attached hydrogen (secondary N) is 1. The van der Waals surface area contributed by atoms with Gasteiger partial charge in [0.25, 0.3) is 11.1 Å². The Hall–Kier alpha value is -2.93. The number of hydrogen-bond donors (Lipinski definition) is 1. The second kappa shape index (κ2) is 8.83. The first-order valence-electron chi connectivity index (χ1n) is 9.55. The van der Waals surface area contributed by atoms with Crippen molar-refractivity contribution in [3.8, 4) is 0 Å². The number of halogens is 1. The monoisotopic (exact) mass is 426 g/mol. The van der Waals surface area contributed by atoms with Crippen LogP contribution in [0.4, 0.5) is 9.18 Å². The summed E-state index contributed by atoms with van der Waals surface area (Å²) in [6.45, 7) is 5.82. The van der Waals surface area contributed by atoms with Gasteiger partial charge in [0, 0.05) is 18.7 Å². The number of aryl methyl sites for hydroxylation is 1. The van der Waals surface area contributed by atoms with Gasteiger partial charge >= 0.3 is 0 Å². The van der Waals surface area contributed by atoms with E-state index >= 15 is 0 Å².